The second-order valence-electron chi connectivity index (χ2n) is 6.63. The number of rotatable bonds is 7. The first kappa shape index (κ1) is 19.5. The first-order chi connectivity index (χ1) is 12.3. The van der Waals surface area contributed by atoms with Crippen molar-refractivity contribution in [2.45, 2.75) is 32.8 Å². The lowest BCUT2D eigenvalue weighted by molar-refractivity contribution is -0.128. The number of amides is 2. The second-order valence-corrected chi connectivity index (χ2v) is 6.63. The molecule has 0 aromatic heterocycles. The van der Waals surface area contributed by atoms with Crippen LogP contribution in [0.1, 0.15) is 36.2 Å². The SMILES string of the molecule is CC(C)Oc1ccc(C(=O)Nc2ccc(CCC(=O)N(C)C)cc2)cc1. The molecule has 0 aliphatic heterocycles. The Balaban J connectivity index is 1.91. The lowest BCUT2D eigenvalue weighted by atomic mass is 10.1. The first-order valence-corrected chi connectivity index (χ1v) is 8.72. The van der Waals surface area contributed by atoms with Gasteiger partial charge in [0.15, 0.2) is 0 Å². The van der Waals surface area contributed by atoms with Crippen molar-refractivity contribution in [1.29, 1.82) is 0 Å². The van der Waals surface area contributed by atoms with Crippen molar-refractivity contribution in [2.24, 2.45) is 0 Å². The number of aryl methyl sites for hydroxylation is 1. The van der Waals surface area contributed by atoms with E-state index in [1.165, 1.54) is 0 Å². The molecule has 0 unspecified atom stereocenters. The van der Waals surface area contributed by atoms with Crippen LogP contribution >= 0.6 is 0 Å². The molecule has 0 radical (unpaired) electrons. The van der Waals surface area contributed by atoms with Crippen molar-refractivity contribution in [1.82, 2.24) is 4.90 Å². The predicted octanol–water partition coefficient (Wildman–Crippen LogP) is 3.75. The average molecular weight is 354 g/mol. The van der Waals surface area contributed by atoms with Gasteiger partial charge in [0.25, 0.3) is 5.91 Å². The standard InChI is InChI=1S/C21H26N2O3/c1-15(2)26-19-12-8-17(9-13-19)21(25)22-18-10-5-16(6-11-18)7-14-20(24)23(3)4/h5-6,8-13,15H,7,14H2,1-4H3,(H,22,25). The first-order valence-electron chi connectivity index (χ1n) is 8.72. The largest absolute Gasteiger partial charge is 0.491 e. The molecule has 0 heterocycles. The summed E-state index contributed by atoms with van der Waals surface area (Å²) in [4.78, 5) is 25.5. The van der Waals surface area contributed by atoms with E-state index in [0.29, 0.717) is 18.4 Å². The maximum absolute atomic E-state index is 12.3. The van der Waals surface area contributed by atoms with Crippen LogP contribution in [0.5, 0.6) is 5.75 Å². The Hall–Kier alpha value is -2.82. The molecule has 0 aliphatic rings. The zero-order valence-corrected chi connectivity index (χ0v) is 15.8. The van der Waals surface area contributed by atoms with E-state index in [1.54, 1.807) is 43.3 Å². The Morgan fingerprint density at radius 3 is 2.15 bits per heavy atom. The molecule has 0 bridgehead atoms. The summed E-state index contributed by atoms with van der Waals surface area (Å²) < 4.78 is 5.58. The lowest BCUT2D eigenvalue weighted by Gasteiger charge is -2.11. The van der Waals surface area contributed by atoms with Crippen LogP contribution in [0.4, 0.5) is 5.69 Å². The zero-order chi connectivity index (χ0) is 19.1. The van der Waals surface area contributed by atoms with Gasteiger partial charge >= 0.3 is 0 Å². The number of carbonyl (C=O) groups is 2. The van der Waals surface area contributed by atoms with Gasteiger partial charge in [0, 0.05) is 31.8 Å². The number of benzene rings is 2. The van der Waals surface area contributed by atoms with Crippen LogP contribution in [0, 0.1) is 0 Å². The van der Waals surface area contributed by atoms with Crippen molar-refractivity contribution in [3.63, 3.8) is 0 Å². The van der Waals surface area contributed by atoms with Crippen LogP contribution in [0.15, 0.2) is 48.5 Å². The normalized spacial score (nSPS) is 10.5. The Morgan fingerprint density at radius 1 is 1.00 bits per heavy atom. The van der Waals surface area contributed by atoms with E-state index >= 15 is 0 Å². The fourth-order valence-electron chi connectivity index (χ4n) is 2.39. The summed E-state index contributed by atoms with van der Waals surface area (Å²) in [6.45, 7) is 3.92. The van der Waals surface area contributed by atoms with Crippen molar-refractivity contribution in [2.75, 3.05) is 19.4 Å². The van der Waals surface area contributed by atoms with Crippen LogP contribution < -0.4 is 10.1 Å². The lowest BCUT2D eigenvalue weighted by Crippen LogP contribution is -2.21. The van der Waals surface area contributed by atoms with Gasteiger partial charge in [-0.2, -0.15) is 0 Å². The highest BCUT2D eigenvalue weighted by atomic mass is 16.5. The topological polar surface area (TPSA) is 58.6 Å². The van der Waals surface area contributed by atoms with Gasteiger partial charge in [-0.15, -0.1) is 0 Å². The molecule has 5 nitrogen and oxygen atoms in total. The van der Waals surface area contributed by atoms with Gasteiger partial charge in [-0.25, -0.2) is 0 Å². The third kappa shape index (κ3) is 5.92. The van der Waals surface area contributed by atoms with Crippen molar-refractivity contribution < 1.29 is 14.3 Å². The Labute approximate surface area is 155 Å². The van der Waals surface area contributed by atoms with Gasteiger partial charge in [0.1, 0.15) is 5.75 Å². The molecule has 2 aromatic carbocycles. The number of anilines is 1. The smallest absolute Gasteiger partial charge is 0.255 e. The summed E-state index contributed by atoms with van der Waals surface area (Å²) in [6.07, 6.45) is 1.26. The molecular weight excluding hydrogens is 328 g/mol. The molecule has 1 N–H and O–H groups in total. The molecule has 138 valence electrons. The predicted molar refractivity (Wildman–Crippen MR) is 104 cm³/mol. The Kier molecular flexibility index (Phi) is 6.78. The molecule has 0 saturated heterocycles. The summed E-state index contributed by atoms with van der Waals surface area (Å²) in [5, 5.41) is 2.87. The molecule has 2 rings (SSSR count). The third-order valence-corrected chi connectivity index (χ3v) is 3.83. The maximum atomic E-state index is 12.3. The molecule has 0 fully saturated rings. The second kappa shape index (κ2) is 9.04. The molecule has 0 atom stereocenters. The van der Waals surface area contributed by atoms with E-state index in [-0.39, 0.29) is 17.9 Å². The van der Waals surface area contributed by atoms with Crippen LogP contribution in [-0.4, -0.2) is 36.9 Å². The Bertz CT molecular complexity index is 735. The fourth-order valence-corrected chi connectivity index (χ4v) is 2.39. The van der Waals surface area contributed by atoms with Crippen LogP contribution in [0.25, 0.3) is 0 Å². The van der Waals surface area contributed by atoms with Gasteiger partial charge in [0.2, 0.25) is 5.91 Å². The van der Waals surface area contributed by atoms with E-state index < -0.39 is 0 Å². The quantitative estimate of drug-likeness (QED) is 0.824. The Morgan fingerprint density at radius 2 is 1.62 bits per heavy atom. The van der Waals surface area contributed by atoms with E-state index in [9.17, 15) is 9.59 Å². The number of hydrogen-bond donors (Lipinski definition) is 1. The third-order valence-electron chi connectivity index (χ3n) is 3.83. The number of nitrogens with zero attached hydrogens (tertiary/aromatic N) is 1. The van der Waals surface area contributed by atoms with Gasteiger partial charge in [0.05, 0.1) is 6.10 Å². The summed E-state index contributed by atoms with van der Waals surface area (Å²) in [7, 11) is 3.50. The van der Waals surface area contributed by atoms with Crippen molar-refractivity contribution in [3.05, 3.63) is 59.7 Å². The number of carbonyl (C=O) groups excluding carboxylic acids is 2. The highest BCUT2D eigenvalue weighted by Crippen LogP contribution is 2.16. The van der Waals surface area contributed by atoms with Gasteiger partial charge in [-0.1, -0.05) is 12.1 Å². The maximum Gasteiger partial charge on any atom is 0.255 e. The summed E-state index contributed by atoms with van der Waals surface area (Å²) in [5.74, 6) is 0.678. The van der Waals surface area contributed by atoms with Gasteiger partial charge in [-0.3, -0.25) is 9.59 Å². The molecule has 0 aliphatic carbocycles. The van der Waals surface area contributed by atoms with E-state index in [4.69, 9.17) is 4.74 Å². The van der Waals surface area contributed by atoms with E-state index in [1.807, 2.05) is 38.1 Å². The highest BCUT2D eigenvalue weighted by Gasteiger charge is 2.08. The summed E-state index contributed by atoms with van der Waals surface area (Å²) >= 11 is 0. The molecule has 0 spiro atoms. The van der Waals surface area contributed by atoms with Crippen LogP contribution in [0.3, 0.4) is 0 Å². The van der Waals surface area contributed by atoms with Crippen molar-refractivity contribution >= 4 is 17.5 Å². The molecule has 0 saturated carbocycles. The molecular formula is C21H26N2O3. The molecule has 2 amide bonds. The number of ether oxygens (including phenoxy) is 1. The highest BCUT2D eigenvalue weighted by molar-refractivity contribution is 6.04. The van der Waals surface area contributed by atoms with E-state index in [0.717, 1.165) is 17.0 Å². The zero-order valence-electron chi connectivity index (χ0n) is 15.8. The monoisotopic (exact) mass is 354 g/mol. The number of hydrogen-bond acceptors (Lipinski definition) is 3. The average Bonchev–Trinajstić information content (AvgIpc) is 2.60. The van der Waals surface area contributed by atoms with Crippen LogP contribution in [-0.2, 0) is 11.2 Å². The molecule has 5 heteroatoms. The molecule has 26 heavy (non-hydrogen) atoms. The van der Waals surface area contributed by atoms with Crippen LogP contribution in [0.2, 0.25) is 0 Å². The number of nitrogens with one attached hydrogen (secondary N) is 1. The minimum Gasteiger partial charge on any atom is -0.491 e. The molecule has 2 aromatic rings. The summed E-state index contributed by atoms with van der Waals surface area (Å²) in [5.41, 5.74) is 2.36. The fraction of sp³-hybridized carbons (Fsp3) is 0.333. The van der Waals surface area contributed by atoms with Gasteiger partial charge in [-0.05, 0) is 62.2 Å². The van der Waals surface area contributed by atoms with Gasteiger partial charge < -0.3 is 15.0 Å². The van der Waals surface area contributed by atoms with Crippen molar-refractivity contribution in [3.8, 4) is 5.75 Å². The minimum absolute atomic E-state index is 0.0983. The summed E-state index contributed by atoms with van der Waals surface area (Å²) in [6, 6.07) is 14.6. The van der Waals surface area contributed by atoms with E-state index in [2.05, 4.69) is 5.32 Å². The minimum atomic E-state index is -0.170.